The van der Waals surface area contributed by atoms with Gasteiger partial charge in [0.1, 0.15) is 0 Å². The molecule has 1 heterocycles. The fraction of sp³-hybridized carbons (Fsp3) is 0.619. The first-order chi connectivity index (χ1) is 27.6. The number of aliphatic hydroxyl groups is 2. The summed E-state index contributed by atoms with van der Waals surface area (Å²) in [6.07, 6.45) is 16.7. The lowest BCUT2D eigenvalue weighted by Crippen LogP contribution is -2.69. The van der Waals surface area contributed by atoms with Crippen molar-refractivity contribution in [2.24, 2.45) is 0 Å². The summed E-state index contributed by atoms with van der Waals surface area (Å²) in [5.74, 6) is 0. The van der Waals surface area contributed by atoms with Gasteiger partial charge in [-0.1, -0.05) is 75.0 Å². The zero-order chi connectivity index (χ0) is 42.3. The number of hydrogen-bond donors (Lipinski definition) is 5. The van der Waals surface area contributed by atoms with Crippen molar-refractivity contribution in [3.05, 3.63) is 75.9 Å². The van der Waals surface area contributed by atoms with Crippen molar-refractivity contribution in [3.8, 4) is 0 Å². The maximum atomic E-state index is 13.7. The molecule has 57 heavy (non-hydrogen) atoms. The van der Waals surface area contributed by atoms with Crippen molar-refractivity contribution in [2.75, 3.05) is 78.5 Å². The van der Waals surface area contributed by atoms with Crippen molar-refractivity contribution < 1.29 is 29.4 Å². The third-order valence-electron chi connectivity index (χ3n) is 9.42. The molecule has 0 aromatic heterocycles. The number of hydrogen-bond acceptors (Lipinski definition) is 7. The molecule has 1 aliphatic heterocycles. The van der Waals surface area contributed by atoms with Gasteiger partial charge in [0, 0.05) is 78.5 Å². The molecule has 5 N–H and O–H groups in total. The lowest BCUT2D eigenvalue weighted by molar-refractivity contribution is -0.228. The fourth-order valence-electron chi connectivity index (χ4n) is 6.36. The number of rotatable bonds is 33. The number of urea groups is 4. The van der Waals surface area contributed by atoms with Crippen LogP contribution in [0.25, 0.3) is 0 Å². The fourth-order valence-corrected chi connectivity index (χ4v) is 6.36. The van der Waals surface area contributed by atoms with Gasteiger partial charge in [0.05, 0.1) is 0 Å². The van der Waals surface area contributed by atoms with E-state index in [0.717, 1.165) is 57.8 Å². The van der Waals surface area contributed by atoms with Crippen molar-refractivity contribution in [1.82, 2.24) is 45.3 Å². The molecule has 1 fully saturated rings. The van der Waals surface area contributed by atoms with Gasteiger partial charge >= 0.3 is 24.1 Å². The van der Waals surface area contributed by atoms with Crippen LogP contribution in [0.3, 0.4) is 0 Å². The zero-order valence-electron chi connectivity index (χ0n) is 34.5. The summed E-state index contributed by atoms with van der Waals surface area (Å²) in [6.45, 7) is 27.4. The number of aliphatic hydroxyl groups excluding tert-OH is 2. The van der Waals surface area contributed by atoms with E-state index >= 15 is 0 Å². The van der Waals surface area contributed by atoms with E-state index in [0.29, 0.717) is 97.8 Å². The SMILES string of the molecule is C=CCN(CC=C)C(=O)NCCCCCCN1C(=O)N(CCCCCCNC(=O)N(CC=C)CC=C)C(O)N(CCCCCCNC(=O)N(CC=C)CC=C)C1O. The Balaban J connectivity index is 2.70. The Morgan fingerprint density at radius 2 is 0.737 bits per heavy atom. The summed E-state index contributed by atoms with van der Waals surface area (Å²) in [6, 6.07) is -0.905. The van der Waals surface area contributed by atoms with E-state index in [1.807, 2.05) is 0 Å². The van der Waals surface area contributed by atoms with Crippen LogP contribution in [0.1, 0.15) is 77.0 Å². The molecule has 8 amide bonds. The Hall–Kier alpha value is -4.60. The first-order valence-corrected chi connectivity index (χ1v) is 20.5. The van der Waals surface area contributed by atoms with Crippen LogP contribution in [-0.2, 0) is 0 Å². The van der Waals surface area contributed by atoms with E-state index in [1.54, 1.807) is 56.1 Å². The van der Waals surface area contributed by atoms with Gasteiger partial charge in [-0.15, -0.1) is 39.5 Å². The van der Waals surface area contributed by atoms with Crippen LogP contribution in [-0.4, -0.2) is 155 Å². The smallest absolute Gasteiger partial charge is 0.326 e. The second kappa shape index (κ2) is 31.5. The molecule has 0 aromatic rings. The maximum absolute atomic E-state index is 13.7. The molecular weight excluding hydrogens is 727 g/mol. The maximum Gasteiger partial charge on any atom is 0.326 e. The molecule has 15 nitrogen and oxygen atoms in total. The molecule has 0 radical (unpaired) electrons. The summed E-state index contributed by atoms with van der Waals surface area (Å²) in [7, 11) is 0. The van der Waals surface area contributed by atoms with Gasteiger partial charge in [-0.2, -0.15) is 0 Å². The Kier molecular flexibility index (Phi) is 27.8. The number of unbranched alkanes of at least 4 members (excludes halogenated alkanes) is 9. The normalized spacial score (nSPS) is 15.3. The van der Waals surface area contributed by atoms with E-state index in [4.69, 9.17) is 0 Å². The first-order valence-electron chi connectivity index (χ1n) is 20.5. The van der Waals surface area contributed by atoms with Gasteiger partial charge in [0.25, 0.3) is 0 Å². The van der Waals surface area contributed by atoms with Crippen LogP contribution >= 0.6 is 0 Å². The number of carbonyl (C=O) groups excluding carboxylic acids is 4. The molecular formula is C42H73N9O6. The van der Waals surface area contributed by atoms with Gasteiger partial charge < -0.3 is 40.9 Å². The molecule has 0 saturated carbocycles. The van der Waals surface area contributed by atoms with Gasteiger partial charge in [-0.25, -0.2) is 24.1 Å². The Morgan fingerprint density at radius 3 is 1.02 bits per heavy atom. The third kappa shape index (κ3) is 19.9. The topological polar surface area (TPSA) is 164 Å². The molecule has 15 heteroatoms. The second-order valence-electron chi connectivity index (χ2n) is 14.0. The summed E-state index contributed by atoms with van der Waals surface area (Å²) in [4.78, 5) is 60.2. The highest BCUT2D eigenvalue weighted by Crippen LogP contribution is 2.23. The molecule has 2 unspecified atom stereocenters. The largest absolute Gasteiger partial charge is 0.360 e. The number of nitrogens with one attached hydrogen (secondary N) is 3. The van der Waals surface area contributed by atoms with Crippen molar-refractivity contribution in [2.45, 2.75) is 89.8 Å². The second-order valence-corrected chi connectivity index (χ2v) is 14.0. The lowest BCUT2D eigenvalue weighted by Gasteiger charge is -2.49. The van der Waals surface area contributed by atoms with Crippen LogP contribution in [0.15, 0.2) is 75.9 Å². The van der Waals surface area contributed by atoms with Crippen LogP contribution in [0, 0.1) is 0 Å². The van der Waals surface area contributed by atoms with Crippen LogP contribution in [0.2, 0.25) is 0 Å². The molecule has 322 valence electrons. The first kappa shape index (κ1) is 50.4. The van der Waals surface area contributed by atoms with E-state index in [2.05, 4.69) is 55.4 Å². The van der Waals surface area contributed by atoms with Crippen LogP contribution in [0.5, 0.6) is 0 Å². The van der Waals surface area contributed by atoms with Gasteiger partial charge in [0.2, 0.25) is 0 Å². The van der Waals surface area contributed by atoms with Crippen LogP contribution in [0.4, 0.5) is 19.2 Å². The highest BCUT2D eigenvalue weighted by molar-refractivity contribution is 5.76. The number of carbonyl (C=O) groups is 4. The molecule has 0 aliphatic carbocycles. The van der Waals surface area contributed by atoms with E-state index in [-0.39, 0.29) is 18.1 Å². The molecule has 0 spiro atoms. The van der Waals surface area contributed by atoms with Gasteiger partial charge in [-0.3, -0.25) is 9.80 Å². The summed E-state index contributed by atoms with van der Waals surface area (Å²) < 4.78 is 0. The average Bonchev–Trinajstić information content (AvgIpc) is 3.19. The van der Waals surface area contributed by atoms with Gasteiger partial charge in [0.15, 0.2) is 12.7 Å². The quantitative estimate of drug-likeness (QED) is 0.0438. The summed E-state index contributed by atoms with van der Waals surface area (Å²) in [5.41, 5.74) is 0. The van der Waals surface area contributed by atoms with E-state index < -0.39 is 18.7 Å². The standard InChI is InChI=1S/C42H73N9O6/c1-7-28-46(29-8-2)37(52)43-25-19-13-16-22-34-49-40(55)50(35-23-17-14-20-26-44-38(53)47(30-9-3)31-10-4)42(57)51(41(49)56)36-24-18-15-21-27-45-39(54)48(32-11-5)33-12-6/h7-12,40-41,55-56H,1-6,13-36H2,(H,43,52)(H,44,53)(H,45,54). The third-order valence-corrected chi connectivity index (χ3v) is 9.42. The summed E-state index contributed by atoms with van der Waals surface area (Å²) in [5, 5.41) is 31.5. The zero-order valence-corrected chi connectivity index (χ0v) is 34.5. The average molecular weight is 800 g/mol. The van der Waals surface area contributed by atoms with E-state index in [1.165, 1.54) is 9.80 Å². The number of nitrogens with zero attached hydrogens (tertiary/aromatic N) is 6. The molecule has 2 atom stereocenters. The molecule has 0 aromatic carbocycles. The van der Waals surface area contributed by atoms with E-state index in [9.17, 15) is 29.4 Å². The lowest BCUT2D eigenvalue weighted by atomic mass is 10.1. The van der Waals surface area contributed by atoms with Crippen molar-refractivity contribution in [1.29, 1.82) is 0 Å². The highest BCUT2D eigenvalue weighted by atomic mass is 16.4. The predicted molar refractivity (Wildman–Crippen MR) is 229 cm³/mol. The van der Waals surface area contributed by atoms with Crippen LogP contribution < -0.4 is 16.0 Å². The predicted octanol–water partition coefficient (Wildman–Crippen LogP) is 5.41. The highest BCUT2D eigenvalue weighted by Gasteiger charge is 2.42. The Morgan fingerprint density at radius 1 is 0.474 bits per heavy atom. The van der Waals surface area contributed by atoms with Gasteiger partial charge in [-0.05, 0) is 38.5 Å². The minimum atomic E-state index is -1.27. The van der Waals surface area contributed by atoms with Crippen molar-refractivity contribution >= 4 is 24.1 Å². The minimum absolute atomic E-state index is 0.164. The number of amides is 8. The molecule has 0 bridgehead atoms. The molecule has 1 aliphatic rings. The monoisotopic (exact) mass is 800 g/mol. The Bertz CT molecular complexity index is 1150. The van der Waals surface area contributed by atoms with Crippen molar-refractivity contribution in [3.63, 3.8) is 0 Å². The summed E-state index contributed by atoms with van der Waals surface area (Å²) >= 11 is 0. The molecule has 1 rings (SSSR count). The molecule has 1 saturated heterocycles. The Labute approximate surface area is 342 Å². The minimum Gasteiger partial charge on any atom is -0.360 e.